The summed E-state index contributed by atoms with van der Waals surface area (Å²) in [6.07, 6.45) is 8.15. The maximum atomic E-state index is 5.38. The third-order valence-electron chi connectivity index (χ3n) is 4.05. The smallest absolute Gasteiger partial charge is 0.0469 e. The Morgan fingerprint density at radius 2 is 1.67 bits per heavy atom. The Hall–Kier alpha value is -0.0800. The van der Waals surface area contributed by atoms with Crippen LogP contribution in [0.2, 0.25) is 0 Å². The molecule has 1 heterocycles. The van der Waals surface area contributed by atoms with Gasteiger partial charge in [0.2, 0.25) is 0 Å². The standard InChI is InChI=1S/C13H25NO/c1-11-2-4-13(5-3-11)14-10-12-6-8-15-9-7-12/h11-14H,2-10H2,1H3. The van der Waals surface area contributed by atoms with E-state index in [1.807, 2.05) is 0 Å². The minimum atomic E-state index is 0.809. The van der Waals surface area contributed by atoms with Gasteiger partial charge < -0.3 is 10.1 Å². The number of ether oxygens (including phenoxy) is 1. The van der Waals surface area contributed by atoms with E-state index in [1.54, 1.807) is 0 Å². The van der Waals surface area contributed by atoms with Crippen LogP contribution < -0.4 is 5.32 Å². The molecule has 2 nitrogen and oxygen atoms in total. The molecule has 88 valence electrons. The highest BCUT2D eigenvalue weighted by Crippen LogP contribution is 2.24. The molecule has 0 atom stereocenters. The van der Waals surface area contributed by atoms with Crippen LogP contribution in [0.15, 0.2) is 0 Å². The van der Waals surface area contributed by atoms with Crippen molar-refractivity contribution in [2.75, 3.05) is 19.8 Å². The van der Waals surface area contributed by atoms with Gasteiger partial charge in [-0.05, 0) is 56.9 Å². The topological polar surface area (TPSA) is 21.3 Å². The van der Waals surface area contributed by atoms with Crippen molar-refractivity contribution in [3.8, 4) is 0 Å². The quantitative estimate of drug-likeness (QED) is 0.774. The molecule has 2 rings (SSSR count). The first-order chi connectivity index (χ1) is 7.34. The highest BCUT2D eigenvalue weighted by molar-refractivity contribution is 4.77. The number of rotatable bonds is 3. The van der Waals surface area contributed by atoms with E-state index in [2.05, 4.69) is 12.2 Å². The van der Waals surface area contributed by atoms with Crippen LogP contribution >= 0.6 is 0 Å². The lowest BCUT2D eigenvalue weighted by atomic mass is 9.87. The lowest BCUT2D eigenvalue weighted by Crippen LogP contribution is -2.37. The van der Waals surface area contributed by atoms with Gasteiger partial charge >= 0.3 is 0 Å². The molecule has 1 N–H and O–H groups in total. The van der Waals surface area contributed by atoms with Gasteiger partial charge in [-0.3, -0.25) is 0 Å². The van der Waals surface area contributed by atoms with Crippen LogP contribution in [0.5, 0.6) is 0 Å². The Bertz CT molecular complexity index is 169. The molecule has 0 aromatic rings. The molecule has 1 aliphatic heterocycles. The van der Waals surface area contributed by atoms with E-state index in [9.17, 15) is 0 Å². The van der Waals surface area contributed by atoms with Crippen LogP contribution in [0.1, 0.15) is 45.4 Å². The van der Waals surface area contributed by atoms with Gasteiger partial charge in [0.05, 0.1) is 0 Å². The van der Waals surface area contributed by atoms with E-state index in [0.717, 1.165) is 31.1 Å². The second-order valence-corrected chi connectivity index (χ2v) is 5.42. The third kappa shape index (κ3) is 3.76. The monoisotopic (exact) mass is 211 g/mol. The predicted octanol–water partition coefficient (Wildman–Crippen LogP) is 2.58. The minimum absolute atomic E-state index is 0.809. The van der Waals surface area contributed by atoms with E-state index in [4.69, 9.17) is 4.74 Å². The molecule has 0 amide bonds. The molecule has 2 heteroatoms. The molecular formula is C13H25NO. The molecule has 0 aromatic heterocycles. The van der Waals surface area contributed by atoms with Crippen LogP contribution in [0, 0.1) is 11.8 Å². The van der Waals surface area contributed by atoms with Gasteiger partial charge in [0, 0.05) is 19.3 Å². The molecule has 0 bridgehead atoms. The van der Waals surface area contributed by atoms with Gasteiger partial charge in [-0.2, -0.15) is 0 Å². The van der Waals surface area contributed by atoms with Crippen molar-refractivity contribution >= 4 is 0 Å². The fourth-order valence-corrected chi connectivity index (χ4v) is 2.75. The lowest BCUT2D eigenvalue weighted by Gasteiger charge is -2.30. The van der Waals surface area contributed by atoms with Crippen LogP contribution in [-0.4, -0.2) is 25.8 Å². The summed E-state index contributed by atoms with van der Waals surface area (Å²) in [6, 6.07) is 0.809. The van der Waals surface area contributed by atoms with Gasteiger partial charge in [0.15, 0.2) is 0 Å². The van der Waals surface area contributed by atoms with Gasteiger partial charge in [-0.25, -0.2) is 0 Å². The second kappa shape index (κ2) is 5.86. The molecule has 2 aliphatic rings. The average Bonchev–Trinajstić information content (AvgIpc) is 2.30. The van der Waals surface area contributed by atoms with Gasteiger partial charge in [-0.1, -0.05) is 6.92 Å². The zero-order chi connectivity index (χ0) is 10.5. The fraction of sp³-hybridized carbons (Fsp3) is 1.00. The van der Waals surface area contributed by atoms with Gasteiger partial charge in [-0.15, -0.1) is 0 Å². The summed E-state index contributed by atoms with van der Waals surface area (Å²) in [5, 5.41) is 3.76. The number of nitrogens with one attached hydrogen (secondary N) is 1. The summed E-state index contributed by atoms with van der Waals surface area (Å²) in [4.78, 5) is 0. The van der Waals surface area contributed by atoms with Crippen molar-refractivity contribution in [3.63, 3.8) is 0 Å². The predicted molar refractivity (Wildman–Crippen MR) is 63.0 cm³/mol. The first-order valence-corrected chi connectivity index (χ1v) is 6.65. The minimum Gasteiger partial charge on any atom is -0.381 e. The van der Waals surface area contributed by atoms with Crippen molar-refractivity contribution < 1.29 is 4.74 Å². The first-order valence-electron chi connectivity index (χ1n) is 6.65. The molecular weight excluding hydrogens is 186 g/mol. The van der Waals surface area contributed by atoms with E-state index >= 15 is 0 Å². The largest absolute Gasteiger partial charge is 0.381 e. The zero-order valence-corrected chi connectivity index (χ0v) is 10.0. The Kier molecular flexibility index (Phi) is 4.45. The normalized spacial score (nSPS) is 34.2. The first kappa shape index (κ1) is 11.4. The van der Waals surface area contributed by atoms with Crippen molar-refractivity contribution in [2.24, 2.45) is 11.8 Å². The van der Waals surface area contributed by atoms with E-state index < -0.39 is 0 Å². The van der Waals surface area contributed by atoms with E-state index in [0.29, 0.717) is 0 Å². The zero-order valence-electron chi connectivity index (χ0n) is 10.0. The highest BCUT2D eigenvalue weighted by atomic mass is 16.5. The molecule has 1 aliphatic carbocycles. The summed E-state index contributed by atoms with van der Waals surface area (Å²) in [7, 11) is 0. The molecule has 15 heavy (non-hydrogen) atoms. The maximum absolute atomic E-state index is 5.38. The summed E-state index contributed by atoms with van der Waals surface area (Å²) in [5.41, 5.74) is 0. The summed E-state index contributed by atoms with van der Waals surface area (Å²) >= 11 is 0. The highest BCUT2D eigenvalue weighted by Gasteiger charge is 2.19. The van der Waals surface area contributed by atoms with Crippen molar-refractivity contribution in [3.05, 3.63) is 0 Å². The summed E-state index contributed by atoms with van der Waals surface area (Å²) in [5.74, 6) is 1.84. The summed E-state index contributed by atoms with van der Waals surface area (Å²) in [6.45, 7) is 5.57. The Morgan fingerprint density at radius 3 is 2.33 bits per heavy atom. The van der Waals surface area contributed by atoms with E-state index in [1.165, 1.54) is 45.1 Å². The molecule has 0 aromatic carbocycles. The summed E-state index contributed by atoms with van der Waals surface area (Å²) < 4.78 is 5.38. The van der Waals surface area contributed by atoms with Crippen LogP contribution in [0.4, 0.5) is 0 Å². The molecule has 0 spiro atoms. The van der Waals surface area contributed by atoms with Crippen LogP contribution in [0.3, 0.4) is 0 Å². The molecule has 2 fully saturated rings. The number of hydrogen-bond donors (Lipinski definition) is 1. The SMILES string of the molecule is CC1CCC(NCC2CCOCC2)CC1. The fourth-order valence-electron chi connectivity index (χ4n) is 2.75. The molecule has 0 unspecified atom stereocenters. The molecule has 0 radical (unpaired) electrons. The van der Waals surface area contributed by atoms with Crippen molar-refractivity contribution in [1.29, 1.82) is 0 Å². The Labute approximate surface area is 93.8 Å². The van der Waals surface area contributed by atoms with Crippen molar-refractivity contribution in [1.82, 2.24) is 5.32 Å². The van der Waals surface area contributed by atoms with Crippen molar-refractivity contribution in [2.45, 2.75) is 51.5 Å². The number of hydrogen-bond acceptors (Lipinski definition) is 2. The lowest BCUT2D eigenvalue weighted by molar-refractivity contribution is 0.0648. The maximum Gasteiger partial charge on any atom is 0.0469 e. The Morgan fingerprint density at radius 1 is 1.00 bits per heavy atom. The molecule has 1 saturated carbocycles. The van der Waals surface area contributed by atoms with Crippen LogP contribution in [0.25, 0.3) is 0 Å². The second-order valence-electron chi connectivity index (χ2n) is 5.42. The van der Waals surface area contributed by atoms with E-state index in [-0.39, 0.29) is 0 Å². The Balaban J connectivity index is 1.60. The van der Waals surface area contributed by atoms with Gasteiger partial charge in [0.1, 0.15) is 0 Å². The average molecular weight is 211 g/mol. The molecule has 1 saturated heterocycles. The van der Waals surface area contributed by atoms with Crippen LogP contribution in [-0.2, 0) is 4.74 Å². The third-order valence-corrected chi connectivity index (χ3v) is 4.05. The van der Waals surface area contributed by atoms with Gasteiger partial charge in [0.25, 0.3) is 0 Å².